The number of hydrogen-bond acceptors (Lipinski definition) is 3. The van der Waals surface area contributed by atoms with Gasteiger partial charge >= 0.3 is 0 Å². The van der Waals surface area contributed by atoms with Crippen LogP contribution in [0.5, 0.6) is 5.75 Å². The normalized spacial score (nSPS) is 10.9. The number of hydrogen-bond donors (Lipinski definition) is 2. The quantitative estimate of drug-likeness (QED) is 0.851. The second kappa shape index (κ2) is 8.69. The van der Waals surface area contributed by atoms with Crippen molar-refractivity contribution < 1.29 is 4.74 Å². The summed E-state index contributed by atoms with van der Waals surface area (Å²) in [7, 11) is 1.65. The first-order valence-corrected chi connectivity index (χ1v) is 5.93. The third-order valence-electron chi connectivity index (χ3n) is 3.04. The lowest BCUT2D eigenvalue weighted by Crippen LogP contribution is -2.14. The zero-order valence-corrected chi connectivity index (χ0v) is 12.9. The van der Waals surface area contributed by atoms with Crippen molar-refractivity contribution >= 4 is 30.5 Å². The van der Waals surface area contributed by atoms with Gasteiger partial charge in [-0.3, -0.25) is 0 Å². The molecule has 3 nitrogen and oxygen atoms in total. The van der Waals surface area contributed by atoms with Gasteiger partial charge in [-0.2, -0.15) is 0 Å². The van der Waals surface area contributed by atoms with Crippen molar-refractivity contribution in [1.29, 1.82) is 0 Å². The van der Waals surface area contributed by atoms with E-state index in [1.807, 2.05) is 48.5 Å². The third kappa shape index (κ3) is 4.60. The van der Waals surface area contributed by atoms with Crippen LogP contribution in [0.25, 0.3) is 0 Å². The molecule has 5 heteroatoms. The van der Waals surface area contributed by atoms with E-state index in [0.29, 0.717) is 0 Å². The standard InChI is InChI=1S/C15H18N2O.2ClH/c1-18-13-8-6-11(7-9-13)15(17)10-12-4-2-3-5-14(12)16;;/h2-9,15H,10,16-17H2,1H3;2*1H. The molecule has 0 bridgehead atoms. The van der Waals surface area contributed by atoms with Gasteiger partial charge in [0.05, 0.1) is 7.11 Å². The number of methoxy groups -OCH3 is 1. The van der Waals surface area contributed by atoms with Crippen molar-refractivity contribution in [2.45, 2.75) is 12.5 Å². The predicted molar refractivity (Wildman–Crippen MR) is 89.0 cm³/mol. The summed E-state index contributed by atoms with van der Waals surface area (Å²) in [5.74, 6) is 0.838. The molecule has 0 aliphatic rings. The molecule has 2 rings (SSSR count). The Kier molecular flexibility index (Phi) is 8.07. The Balaban J connectivity index is 0.00000180. The number of ether oxygens (including phenoxy) is 1. The Morgan fingerprint density at radius 1 is 1.00 bits per heavy atom. The van der Waals surface area contributed by atoms with Gasteiger partial charge in [-0.1, -0.05) is 30.3 Å². The number of para-hydroxylation sites is 1. The van der Waals surface area contributed by atoms with E-state index < -0.39 is 0 Å². The molecule has 2 aromatic carbocycles. The van der Waals surface area contributed by atoms with Crippen molar-refractivity contribution in [3.8, 4) is 5.75 Å². The largest absolute Gasteiger partial charge is 0.497 e. The Morgan fingerprint density at radius 2 is 1.60 bits per heavy atom. The van der Waals surface area contributed by atoms with E-state index in [2.05, 4.69) is 0 Å². The van der Waals surface area contributed by atoms with Crippen LogP contribution in [0.15, 0.2) is 48.5 Å². The van der Waals surface area contributed by atoms with Crippen molar-refractivity contribution in [3.05, 3.63) is 59.7 Å². The van der Waals surface area contributed by atoms with Crippen LogP contribution in [0, 0.1) is 0 Å². The van der Waals surface area contributed by atoms with Crippen molar-refractivity contribution in [2.75, 3.05) is 12.8 Å². The molecule has 0 amide bonds. The fraction of sp³-hybridized carbons (Fsp3) is 0.200. The Bertz CT molecular complexity index is 518. The van der Waals surface area contributed by atoms with Crippen LogP contribution in [-0.2, 0) is 6.42 Å². The first kappa shape index (κ1) is 18.6. The van der Waals surface area contributed by atoms with Gasteiger partial charge in [-0.25, -0.2) is 0 Å². The fourth-order valence-corrected chi connectivity index (χ4v) is 1.93. The molecule has 0 saturated heterocycles. The van der Waals surface area contributed by atoms with Gasteiger partial charge in [0.1, 0.15) is 5.75 Å². The highest BCUT2D eigenvalue weighted by Crippen LogP contribution is 2.21. The van der Waals surface area contributed by atoms with Gasteiger partial charge in [0.15, 0.2) is 0 Å². The maximum atomic E-state index is 6.19. The highest BCUT2D eigenvalue weighted by atomic mass is 35.5. The maximum Gasteiger partial charge on any atom is 0.118 e. The SMILES string of the molecule is COc1ccc(C(N)Cc2ccccc2N)cc1.Cl.Cl. The summed E-state index contributed by atoms with van der Waals surface area (Å²) in [6, 6.07) is 15.6. The van der Waals surface area contributed by atoms with E-state index in [0.717, 1.165) is 29.0 Å². The highest BCUT2D eigenvalue weighted by molar-refractivity contribution is 5.85. The van der Waals surface area contributed by atoms with Crippen LogP contribution in [-0.4, -0.2) is 7.11 Å². The molecule has 0 aliphatic heterocycles. The van der Waals surface area contributed by atoms with Crippen LogP contribution in [0.4, 0.5) is 5.69 Å². The Morgan fingerprint density at radius 3 is 2.15 bits per heavy atom. The first-order valence-electron chi connectivity index (χ1n) is 5.93. The van der Waals surface area contributed by atoms with Crippen LogP contribution >= 0.6 is 24.8 Å². The summed E-state index contributed by atoms with van der Waals surface area (Å²) in [5.41, 5.74) is 15.1. The van der Waals surface area contributed by atoms with Gasteiger partial charge < -0.3 is 16.2 Å². The van der Waals surface area contributed by atoms with Crippen LogP contribution in [0.3, 0.4) is 0 Å². The van der Waals surface area contributed by atoms with Gasteiger partial charge in [0, 0.05) is 11.7 Å². The molecular formula is C15H20Cl2N2O. The molecule has 0 aliphatic carbocycles. The van der Waals surface area contributed by atoms with Gasteiger partial charge in [0.25, 0.3) is 0 Å². The lowest BCUT2D eigenvalue weighted by atomic mass is 9.98. The summed E-state index contributed by atoms with van der Waals surface area (Å²) in [6.45, 7) is 0. The van der Waals surface area contributed by atoms with Crippen LogP contribution < -0.4 is 16.2 Å². The second-order valence-electron chi connectivity index (χ2n) is 4.28. The Hall–Kier alpha value is -1.42. The summed E-state index contributed by atoms with van der Waals surface area (Å²) in [6.07, 6.45) is 0.735. The smallest absolute Gasteiger partial charge is 0.118 e. The topological polar surface area (TPSA) is 61.3 Å². The van der Waals surface area contributed by atoms with E-state index in [1.165, 1.54) is 0 Å². The molecule has 4 N–H and O–H groups in total. The average Bonchev–Trinajstić information content (AvgIpc) is 2.41. The molecule has 20 heavy (non-hydrogen) atoms. The minimum atomic E-state index is -0.0550. The van der Waals surface area contributed by atoms with E-state index in [9.17, 15) is 0 Å². The number of benzene rings is 2. The van der Waals surface area contributed by atoms with Crippen molar-refractivity contribution in [2.24, 2.45) is 5.73 Å². The minimum absolute atomic E-state index is 0. The molecule has 110 valence electrons. The summed E-state index contributed by atoms with van der Waals surface area (Å²) < 4.78 is 5.13. The molecule has 0 spiro atoms. The summed E-state index contributed by atoms with van der Waals surface area (Å²) in [4.78, 5) is 0. The second-order valence-corrected chi connectivity index (χ2v) is 4.28. The molecule has 0 heterocycles. The fourth-order valence-electron chi connectivity index (χ4n) is 1.93. The minimum Gasteiger partial charge on any atom is -0.497 e. The van der Waals surface area contributed by atoms with Crippen LogP contribution in [0.1, 0.15) is 17.2 Å². The number of halogens is 2. The molecule has 0 fully saturated rings. The number of nitrogen functional groups attached to an aromatic ring is 1. The number of nitrogens with two attached hydrogens (primary N) is 2. The number of rotatable bonds is 4. The lowest BCUT2D eigenvalue weighted by Gasteiger charge is -2.14. The van der Waals surface area contributed by atoms with Gasteiger partial charge in [-0.05, 0) is 35.7 Å². The highest BCUT2D eigenvalue weighted by Gasteiger charge is 2.08. The van der Waals surface area contributed by atoms with Crippen molar-refractivity contribution in [1.82, 2.24) is 0 Å². The molecule has 0 aromatic heterocycles. The molecule has 1 atom stereocenters. The van der Waals surface area contributed by atoms with Crippen molar-refractivity contribution in [3.63, 3.8) is 0 Å². The first-order chi connectivity index (χ1) is 8.70. The maximum absolute atomic E-state index is 6.19. The average molecular weight is 315 g/mol. The van der Waals surface area contributed by atoms with E-state index in [4.69, 9.17) is 16.2 Å². The van der Waals surface area contributed by atoms with E-state index >= 15 is 0 Å². The zero-order valence-electron chi connectivity index (χ0n) is 11.3. The van der Waals surface area contributed by atoms with Crippen LogP contribution in [0.2, 0.25) is 0 Å². The molecular weight excluding hydrogens is 295 g/mol. The zero-order chi connectivity index (χ0) is 13.0. The number of anilines is 1. The lowest BCUT2D eigenvalue weighted by molar-refractivity contribution is 0.414. The molecule has 1 unspecified atom stereocenters. The third-order valence-corrected chi connectivity index (χ3v) is 3.04. The Labute approximate surface area is 132 Å². The van der Waals surface area contributed by atoms with Gasteiger partial charge in [-0.15, -0.1) is 24.8 Å². The van der Waals surface area contributed by atoms with E-state index in [-0.39, 0.29) is 30.9 Å². The predicted octanol–water partition coefficient (Wildman–Crippen LogP) is 3.36. The molecule has 2 aromatic rings. The van der Waals surface area contributed by atoms with E-state index in [1.54, 1.807) is 7.11 Å². The summed E-state index contributed by atoms with van der Waals surface area (Å²) >= 11 is 0. The van der Waals surface area contributed by atoms with Gasteiger partial charge in [0.2, 0.25) is 0 Å². The summed E-state index contributed by atoms with van der Waals surface area (Å²) in [5, 5.41) is 0. The monoisotopic (exact) mass is 314 g/mol. The molecule has 0 saturated carbocycles. The molecule has 0 radical (unpaired) electrons.